The highest BCUT2D eigenvalue weighted by Crippen LogP contribution is 2.35. The second-order valence-corrected chi connectivity index (χ2v) is 11.4. The Bertz CT molecular complexity index is 1880. The molecule has 2 N–H and O–H groups in total. The van der Waals surface area contributed by atoms with E-state index in [1.54, 1.807) is 7.11 Å². The molecule has 7 rings (SSSR count). The molecule has 4 aromatic carbocycles. The van der Waals surface area contributed by atoms with Gasteiger partial charge in [0.2, 0.25) is 5.91 Å². The van der Waals surface area contributed by atoms with Gasteiger partial charge in [-0.2, -0.15) is 0 Å². The summed E-state index contributed by atoms with van der Waals surface area (Å²) in [5, 5.41) is 4.11. The second-order valence-electron chi connectivity index (χ2n) is 11.4. The molecule has 0 saturated heterocycles. The average molecular weight is 558 g/mol. The van der Waals surface area contributed by atoms with E-state index in [0.29, 0.717) is 5.75 Å². The summed E-state index contributed by atoms with van der Waals surface area (Å²) in [6.45, 7) is 2.80. The summed E-state index contributed by atoms with van der Waals surface area (Å²) >= 11 is 0. The molecule has 5 nitrogen and oxygen atoms in total. The zero-order chi connectivity index (χ0) is 28.8. The summed E-state index contributed by atoms with van der Waals surface area (Å²) in [5.74, 6) is 0.412. The first-order chi connectivity index (χ1) is 20.4. The summed E-state index contributed by atoms with van der Waals surface area (Å²) in [5.41, 5.74) is 11.0. The topological polar surface area (TPSA) is 66.5 Å². The molecule has 0 spiro atoms. The number of halogens is 1. The van der Waals surface area contributed by atoms with Gasteiger partial charge in [-0.3, -0.25) is 9.79 Å². The number of rotatable bonds is 6. The van der Waals surface area contributed by atoms with Crippen LogP contribution >= 0.6 is 0 Å². The largest absolute Gasteiger partial charge is 0.497 e. The summed E-state index contributed by atoms with van der Waals surface area (Å²) < 4.78 is 19.7. The molecule has 1 aromatic heterocycles. The lowest BCUT2D eigenvalue weighted by atomic mass is 9.93. The van der Waals surface area contributed by atoms with Gasteiger partial charge in [-0.05, 0) is 108 Å². The van der Waals surface area contributed by atoms with Crippen molar-refractivity contribution in [2.24, 2.45) is 10.9 Å². The number of amides is 1. The van der Waals surface area contributed by atoms with E-state index in [0.717, 1.165) is 93.6 Å². The normalized spacial score (nSPS) is 14.7. The number of hydrogen-bond donors (Lipinski definition) is 2. The van der Waals surface area contributed by atoms with E-state index in [4.69, 9.17) is 9.73 Å². The van der Waals surface area contributed by atoms with Gasteiger partial charge in [0.1, 0.15) is 11.6 Å². The molecular formula is C36H32FN3O2. The maximum atomic E-state index is 14.4. The fraction of sp³-hybridized carbons (Fsp3) is 0.222. The van der Waals surface area contributed by atoms with E-state index in [-0.39, 0.29) is 17.6 Å². The Morgan fingerprint density at radius 3 is 2.67 bits per heavy atom. The maximum Gasteiger partial charge on any atom is 0.227 e. The van der Waals surface area contributed by atoms with E-state index in [9.17, 15) is 9.18 Å². The molecule has 1 amide bonds. The SMILES string of the molecule is COc1cc(F)cc(-c2cccc3[nH]c(C4=NCCCc5ccc(-c6cc(C)cc(NC(=O)C7CC7)c6)cc54)cc23)c1. The number of carbonyl (C=O) groups is 1. The van der Waals surface area contributed by atoms with Gasteiger partial charge in [0, 0.05) is 40.7 Å². The van der Waals surface area contributed by atoms with E-state index >= 15 is 0 Å². The number of aromatic nitrogens is 1. The minimum Gasteiger partial charge on any atom is -0.497 e. The molecular weight excluding hydrogens is 525 g/mol. The number of ether oxygens (including phenoxy) is 1. The molecule has 1 aliphatic heterocycles. The van der Waals surface area contributed by atoms with Crippen LogP contribution in [0.5, 0.6) is 5.75 Å². The maximum absolute atomic E-state index is 14.4. The van der Waals surface area contributed by atoms with Gasteiger partial charge in [0.25, 0.3) is 0 Å². The molecule has 2 heterocycles. The fourth-order valence-electron chi connectivity index (χ4n) is 5.95. The molecule has 210 valence electrons. The number of methoxy groups -OCH3 is 1. The van der Waals surface area contributed by atoms with Crippen LogP contribution in [-0.4, -0.2) is 30.3 Å². The standard InChI is InChI=1S/C36H32FN3O2/c1-21-13-25(16-28(14-21)39-36(41)23-9-10-23)24-11-8-22-5-4-12-38-35(31(22)18-24)34-20-32-30(6-3-7-33(32)40-34)26-15-27(37)19-29(17-26)42-2/h3,6-8,11,13-20,23,40H,4-5,9-10,12H2,1-2H3,(H,39,41). The Morgan fingerprint density at radius 1 is 0.952 bits per heavy atom. The number of hydrogen-bond acceptors (Lipinski definition) is 3. The van der Waals surface area contributed by atoms with Gasteiger partial charge in [0.15, 0.2) is 0 Å². The van der Waals surface area contributed by atoms with Crippen molar-refractivity contribution >= 4 is 28.2 Å². The Kier molecular flexibility index (Phi) is 6.62. The van der Waals surface area contributed by atoms with Crippen molar-refractivity contribution in [3.8, 4) is 28.0 Å². The third kappa shape index (κ3) is 5.09. The third-order valence-electron chi connectivity index (χ3n) is 8.20. The smallest absolute Gasteiger partial charge is 0.227 e. The molecule has 6 heteroatoms. The van der Waals surface area contributed by atoms with Crippen LogP contribution in [-0.2, 0) is 11.2 Å². The van der Waals surface area contributed by atoms with Crippen molar-refractivity contribution in [1.29, 1.82) is 0 Å². The quantitative estimate of drug-likeness (QED) is 0.222. The number of H-pyrrole nitrogens is 1. The predicted molar refractivity (Wildman–Crippen MR) is 167 cm³/mol. The monoisotopic (exact) mass is 557 g/mol. The minimum atomic E-state index is -0.335. The van der Waals surface area contributed by atoms with Crippen molar-refractivity contribution in [2.45, 2.75) is 32.6 Å². The van der Waals surface area contributed by atoms with Crippen molar-refractivity contribution in [2.75, 3.05) is 19.0 Å². The number of benzene rings is 4. The highest BCUT2D eigenvalue weighted by Gasteiger charge is 2.29. The second kappa shape index (κ2) is 10.6. The van der Waals surface area contributed by atoms with Gasteiger partial charge in [-0.15, -0.1) is 0 Å². The van der Waals surface area contributed by atoms with Crippen LogP contribution in [0.2, 0.25) is 0 Å². The van der Waals surface area contributed by atoms with E-state index < -0.39 is 0 Å². The molecule has 1 aliphatic carbocycles. The first-order valence-electron chi connectivity index (χ1n) is 14.5. The molecule has 0 radical (unpaired) electrons. The number of carbonyl (C=O) groups excluding carboxylic acids is 1. The van der Waals surface area contributed by atoms with Crippen LogP contribution in [0, 0.1) is 18.7 Å². The number of fused-ring (bicyclic) bond motifs is 2. The summed E-state index contributed by atoms with van der Waals surface area (Å²) in [4.78, 5) is 21.1. The fourth-order valence-corrected chi connectivity index (χ4v) is 5.95. The van der Waals surface area contributed by atoms with Crippen molar-refractivity contribution in [3.63, 3.8) is 0 Å². The molecule has 5 aromatic rings. The van der Waals surface area contributed by atoms with Crippen LogP contribution in [0.1, 0.15) is 41.6 Å². The zero-order valence-electron chi connectivity index (χ0n) is 23.8. The molecule has 0 unspecified atom stereocenters. The minimum absolute atomic E-state index is 0.109. The highest BCUT2D eigenvalue weighted by atomic mass is 19.1. The van der Waals surface area contributed by atoms with Crippen LogP contribution in [0.15, 0.2) is 83.9 Å². The number of aliphatic imine (C=N–C) groups is 1. The Hall–Kier alpha value is -4.71. The van der Waals surface area contributed by atoms with Crippen molar-refractivity contribution < 1.29 is 13.9 Å². The van der Waals surface area contributed by atoms with Gasteiger partial charge >= 0.3 is 0 Å². The third-order valence-corrected chi connectivity index (χ3v) is 8.20. The lowest BCUT2D eigenvalue weighted by molar-refractivity contribution is -0.117. The van der Waals surface area contributed by atoms with Gasteiger partial charge in [0.05, 0.1) is 18.5 Å². The van der Waals surface area contributed by atoms with Crippen LogP contribution in [0.3, 0.4) is 0 Å². The summed E-state index contributed by atoms with van der Waals surface area (Å²) in [7, 11) is 1.55. The lowest BCUT2D eigenvalue weighted by Crippen LogP contribution is -2.13. The summed E-state index contributed by atoms with van der Waals surface area (Å²) in [6.07, 6.45) is 3.88. The molecule has 42 heavy (non-hydrogen) atoms. The number of aryl methyl sites for hydroxylation is 2. The first-order valence-corrected chi connectivity index (χ1v) is 14.5. The number of nitrogens with zero attached hydrogens (tertiary/aromatic N) is 1. The zero-order valence-corrected chi connectivity index (χ0v) is 23.8. The Balaban J connectivity index is 1.29. The van der Waals surface area contributed by atoms with Gasteiger partial charge in [-0.25, -0.2) is 4.39 Å². The predicted octanol–water partition coefficient (Wildman–Crippen LogP) is 8.09. The molecule has 2 aliphatic rings. The number of anilines is 1. The van der Waals surface area contributed by atoms with Crippen molar-refractivity contribution in [3.05, 3.63) is 107 Å². The van der Waals surface area contributed by atoms with E-state index in [2.05, 4.69) is 53.6 Å². The van der Waals surface area contributed by atoms with Crippen molar-refractivity contribution in [1.82, 2.24) is 4.98 Å². The average Bonchev–Trinajstić information content (AvgIpc) is 3.78. The number of nitrogens with one attached hydrogen (secondary N) is 2. The molecule has 0 atom stereocenters. The van der Waals surface area contributed by atoms with Gasteiger partial charge < -0.3 is 15.0 Å². The van der Waals surface area contributed by atoms with E-state index in [1.807, 2.05) is 30.3 Å². The van der Waals surface area contributed by atoms with E-state index in [1.165, 1.54) is 17.7 Å². The van der Waals surface area contributed by atoms with Gasteiger partial charge in [-0.1, -0.05) is 30.3 Å². The van der Waals surface area contributed by atoms with Crippen LogP contribution in [0.25, 0.3) is 33.2 Å². The first kappa shape index (κ1) is 26.2. The van der Waals surface area contributed by atoms with Crippen LogP contribution < -0.4 is 10.1 Å². The lowest BCUT2D eigenvalue weighted by Gasteiger charge is -2.13. The van der Waals surface area contributed by atoms with Crippen LogP contribution in [0.4, 0.5) is 10.1 Å². The summed E-state index contributed by atoms with van der Waals surface area (Å²) in [6, 6.07) is 25.8. The Labute approximate surface area is 244 Å². The highest BCUT2D eigenvalue weighted by molar-refractivity contribution is 6.16. The Morgan fingerprint density at radius 2 is 1.83 bits per heavy atom. The molecule has 1 fully saturated rings. The number of aromatic amines is 1. The molecule has 0 bridgehead atoms. The molecule has 1 saturated carbocycles.